The smallest absolute Gasteiger partial charge is 0.294 e. The molecule has 0 aliphatic heterocycles. The average molecular weight is 434 g/mol. The van der Waals surface area contributed by atoms with E-state index in [0.29, 0.717) is 11.3 Å². The van der Waals surface area contributed by atoms with E-state index in [1.165, 1.54) is 18.2 Å². The molecule has 3 heterocycles. The number of amides is 1. The molecule has 14 heteroatoms. The van der Waals surface area contributed by atoms with Gasteiger partial charge in [-0.15, -0.1) is 5.10 Å². The van der Waals surface area contributed by atoms with Gasteiger partial charge in [-0.25, -0.2) is 10.1 Å². The second-order valence-electron chi connectivity index (χ2n) is 6.36. The third kappa shape index (κ3) is 3.87. The van der Waals surface area contributed by atoms with Crippen LogP contribution in [0, 0.1) is 10.1 Å². The fourth-order valence-electron chi connectivity index (χ4n) is 2.78. The number of rotatable bonds is 6. The minimum absolute atomic E-state index is 0.0342. The Hall–Kier alpha value is -5.01. The molecule has 1 aromatic carbocycles. The van der Waals surface area contributed by atoms with Crippen LogP contribution in [0.3, 0.4) is 0 Å². The van der Waals surface area contributed by atoms with Crippen LogP contribution >= 0.6 is 0 Å². The van der Waals surface area contributed by atoms with Gasteiger partial charge in [-0.05, 0) is 23.3 Å². The number of pyridine rings is 1. The lowest BCUT2D eigenvalue weighted by atomic mass is 10.1. The Balaban J connectivity index is 1.77. The van der Waals surface area contributed by atoms with Crippen molar-refractivity contribution >= 4 is 23.1 Å². The summed E-state index contributed by atoms with van der Waals surface area (Å²) in [6, 6.07) is 9.10. The lowest BCUT2D eigenvalue weighted by molar-refractivity contribution is -0.384. The van der Waals surface area contributed by atoms with Crippen LogP contribution in [0.1, 0.15) is 23.0 Å². The van der Waals surface area contributed by atoms with Crippen LogP contribution in [0.2, 0.25) is 0 Å². The number of nitrogens with zero attached hydrogens (tertiary/aromatic N) is 8. The number of hydrogen-bond donors (Lipinski definition) is 2. The first kappa shape index (κ1) is 20.3. The zero-order valence-corrected chi connectivity index (χ0v) is 16.4. The highest BCUT2D eigenvalue weighted by molar-refractivity contribution is 6.02. The number of anilines is 1. The molecule has 0 spiro atoms. The largest absolute Gasteiger partial charge is 0.378 e. The molecule has 0 unspecified atom stereocenters. The molecule has 160 valence electrons. The molecule has 0 atom stereocenters. The van der Waals surface area contributed by atoms with Gasteiger partial charge in [0.1, 0.15) is 5.69 Å². The summed E-state index contributed by atoms with van der Waals surface area (Å²) < 4.78 is 5.71. The monoisotopic (exact) mass is 434 g/mol. The van der Waals surface area contributed by atoms with E-state index >= 15 is 0 Å². The van der Waals surface area contributed by atoms with Gasteiger partial charge in [-0.2, -0.15) is 9.78 Å². The molecule has 14 nitrogen and oxygen atoms in total. The summed E-state index contributed by atoms with van der Waals surface area (Å²) in [5.41, 5.74) is 9.35. The molecule has 0 saturated carbocycles. The van der Waals surface area contributed by atoms with Crippen molar-refractivity contribution in [1.29, 1.82) is 0 Å². The SMILES string of the molecule is C/C(=N/NC(=O)c1nnn(-c2nonc2N)c1-c1cccc([N+](=O)[O-])c1)c1cccnc1. The van der Waals surface area contributed by atoms with Crippen LogP contribution < -0.4 is 11.2 Å². The minimum Gasteiger partial charge on any atom is -0.378 e. The summed E-state index contributed by atoms with van der Waals surface area (Å²) in [7, 11) is 0. The fourth-order valence-corrected chi connectivity index (χ4v) is 2.78. The van der Waals surface area contributed by atoms with Gasteiger partial charge in [0.15, 0.2) is 5.69 Å². The van der Waals surface area contributed by atoms with Crippen molar-refractivity contribution in [3.63, 3.8) is 0 Å². The van der Waals surface area contributed by atoms with Crippen molar-refractivity contribution in [2.24, 2.45) is 5.10 Å². The molecule has 4 aromatic rings. The molecular formula is C18H14N10O4. The summed E-state index contributed by atoms with van der Waals surface area (Å²) >= 11 is 0. The molecule has 32 heavy (non-hydrogen) atoms. The Bertz CT molecular complexity index is 1330. The molecule has 3 aromatic heterocycles. The normalized spacial score (nSPS) is 11.3. The first-order chi connectivity index (χ1) is 15.5. The van der Waals surface area contributed by atoms with Crippen molar-refractivity contribution in [2.45, 2.75) is 6.92 Å². The number of aromatic nitrogens is 6. The number of carbonyl (C=O) groups is 1. The average Bonchev–Trinajstić information content (AvgIpc) is 3.43. The van der Waals surface area contributed by atoms with E-state index in [0.717, 1.165) is 4.68 Å². The molecule has 0 radical (unpaired) electrons. The molecule has 0 aliphatic rings. The van der Waals surface area contributed by atoms with Gasteiger partial charge in [0.2, 0.25) is 11.6 Å². The Kier molecular flexibility index (Phi) is 5.31. The van der Waals surface area contributed by atoms with E-state index in [4.69, 9.17) is 5.73 Å². The Morgan fingerprint density at radius 2 is 2.12 bits per heavy atom. The standard InChI is InChI=1S/C18H14N10O4/c1-10(12-5-3-7-20-9-12)21-23-18(29)14-15(11-4-2-6-13(8-11)28(30)31)27(26-22-14)17-16(19)24-32-25-17/h2-9H,1H3,(H2,19,24)(H,23,29)/b21-10-. The molecule has 0 saturated heterocycles. The van der Waals surface area contributed by atoms with E-state index < -0.39 is 10.8 Å². The number of hydrazone groups is 1. The lowest BCUT2D eigenvalue weighted by Crippen LogP contribution is -2.21. The van der Waals surface area contributed by atoms with E-state index in [-0.39, 0.29) is 34.3 Å². The Morgan fingerprint density at radius 3 is 2.81 bits per heavy atom. The maximum absolute atomic E-state index is 12.9. The second-order valence-corrected chi connectivity index (χ2v) is 6.36. The highest BCUT2D eigenvalue weighted by atomic mass is 16.6. The number of benzene rings is 1. The van der Waals surface area contributed by atoms with Crippen LogP contribution in [-0.2, 0) is 0 Å². The van der Waals surface area contributed by atoms with Crippen molar-refractivity contribution < 1.29 is 14.3 Å². The zero-order valence-electron chi connectivity index (χ0n) is 16.4. The van der Waals surface area contributed by atoms with Crippen LogP contribution in [-0.4, -0.2) is 46.8 Å². The highest BCUT2D eigenvalue weighted by Gasteiger charge is 2.26. The van der Waals surface area contributed by atoms with E-state index in [1.807, 2.05) is 0 Å². The number of carbonyl (C=O) groups excluding carboxylic acids is 1. The number of hydrogen-bond acceptors (Lipinski definition) is 11. The van der Waals surface area contributed by atoms with Gasteiger partial charge in [-0.1, -0.05) is 23.4 Å². The zero-order chi connectivity index (χ0) is 22.7. The Morgan fingerprint density at radius 1 is 1.28 bits per heavy atom. The molecule has 3 N–H and O–H groups in total. The van der Waals surface area contributed by atoms with Crippen LogP contribution in [0.4, 0.5) is 11.5 Å². The summed E-state index contributed by atoms with van der Waals surface area (Å²) in [5, 5.41) is 30.3. The van der Waals surface area contributed by atoms with Crippen LogP contribution in [0.25, 0.3) is 17.1 Å². The van der Waals surface area contributed by atoms with Gasteiger partial charge in [0.25, 0.3) is 11.6 Å². The molecule has 0 aliphatic carbocycles. The predicted octanol–water partition coefficient (Wildman–Crippen LogP) is 1.36. The van der Waals surface area contributed by atoms with Gasteiger partial charge in [-0.3, -0.25) is 19.9 Å². The first-order valence-corrected chi connectivity index (χ1v) is 8.99. The van der Waals surface area contributed by atoms with Gasteiger partial charge in [0.05, 0.1) is 10.6 Å². The topological polar surface area (TPSA) is 193 Å². The summed E-state index contributed by atoms with van der Waals surface area (Å²) in [4.78, 5) is 27.6. The number of nitrogens with two attached hydrogens (primary N) is 1. The highest BCUT2D eigenvalue weighted by Crippen LogP contribution is 2.29. The maximum Gasteiger partial charge on any atom is 0.294 e. The van der Waals surface area contributed by atoms with Gasteiger partial charge >= 0.3 is 0 Å². The van der Waals surface area contributed by atoms with E-state index in [2.05, 4.69) is 40.8 Å². The molecule has 0 fully saturated rings. The predicted molar refractivity (Wildman–Crippen MR) is 110 cm³/mol. The van der Waals surface area contributed by atoms with Crippen LogP contribution in [0.15, 0.2) is 58.5 Å². The van der Waals surface area contributed by atoms with Crippen molar-refractivity contribution in [1.82, 2.24) is 35.7 Å². The van der Waals surface area contributed by atoms with Crippen LogP contribution in [0.5, 0.6) is 0 Å². The van der Waals surface area contributed by atoms with Gasteiger partial charge in [0, 0.05) is 35.7 Å². The summed E-state index contributed by atoms with van der Waals surface area (Å²) in [5.74, 6) is -0.858. The van der Waals surface area contributed by atoms with Gasteiger partial charge < -0.3 is 5.73 Å². The van der Waals surface area contributed by atoms with Crippen molar-refractivity contribution in [3.8, 4) is 17.1 Å². The Labute approximate surface area is 178 Å². The molecule has 0 bridgehead atoms. The number of nitrogens with one attached hydrogen (secondary N) is 1. The summed E-state index contributed by atoms with van der Waals surface area (Å²) in [6.45, 7) is 1.69. The molecule has 4 rings (SSSR count). The van der Waals surface area contributed by atoms with Crippen molar-refractivity contribution in [2.75, 3.05) is 5.73 Å². The lowest BCUT2D eigenvalue weighted by Gasteiger charge is -2.06. The third-order valence-corrected chi connectivity index (χ3v) is 4.32. The second kappa shape index (κ2) is 8.39. The number of nitro benzene ring substituents is 1. The number of nitrogen functional groups attached to an aromatic ring is 1. The van der Waals surface area contributed by atoms with Crippen molar-refractivity contribution in [3.05, 3.63) is 70.2 Å². The third-order valence-electron chi connectivity index (χ3n) is 4.32. The maximum atomic E-state index is 12.9. The molecule has 1 amide bonds. The first-order valence-electron chi connectivity index (χ1n) is 8.99. The minimum atomic E-state index is -0.712. The van der Waals surface area contributed by atoms with E-state index in [1.54, 1.807) is 37.5 Å². The number of nitro groups is 1. The number of non-ortho nitro benzene ring substituents is 1. The fraction of sp³-hybridized carbons (Fsp3) is 0.0556. The summed E-state index contributed by atoms with van der Waals surface area (Å²) in [6.07, 6.45) is 3.21. The van der Waals surface area contributed by atoms with E-state index in [9.17, 15) is 14.9 Å². The molecular weight excluding hydrogens is 420 g/mol. The quantitative estimate of drug-likeness (QED) is 0.254.